The number of nitrogens with one attached hydrogen (secondary N) is 1. The van der Waals surface area contributed by atoms with Gasteiger partial charge < -0.3 is 5.32 Å². The molecule has 2 rings (SSSR count). The van der Waals surface area contributed by atoms with Gasteiger partial charge in [-0.1, -0.05) is 23.7 Å². The molecule has 3 nitrogen and oxygen atoms in total. The second kappa shape index (κ2) is 3.03. The van der Waals surface area contributed by atoms with E-state index in [0.29, 0.717) is 6.67 Å². The van der Waals surface area contributed by atoms with Crippen LogP contribution >= 0.6 is 11.6 Å². The highest BCUT2D eigenvalue weighted by Gasteiger charge is 2.09. The van der Waals surface area contributed by atoms with Crippen molar-refractivity contribution in [3.05, 3.63) is 29.3 Å². The predicted molar refractivity (Wildman–Crippen MR) is 50.4 cm³/mol. The van der Waals surface area contributed by atoms with E-state index >= 15 is 0 Å². The molecule has 1 aliphatic rings. The summed E-state index contributed by atoms with van der Waals surface area (Å²) < 4.78 is 0. The third kappa shape index (κ3) is 1.23. The molecule has 0 unspecified atom stereocenters. The van der Waals surface area contributed by atoms with Crippen LogP contribution in [0.25, 0.3) is 0 Å². The van der Waals surface area contributed by atoms with Crippen molar-refractivity contribution in [3.63, 3.8) is 0 Å². The number of hydrogen-bond donors (Lipinski definition) is 1. The quantitative estimate of drug-likeness (QED) is 0.714. The normalized spacial score (nSPS) is 14.9. The molecule has 0 atom stereocenters. The molecular formula is C8H8ClN3. The fourth-order valence-electron chi connectivity index (χ4n) is 1.09. The summed E-state index contributed by atoms with van der Waals surface area (Å²) >= 11 is 5.96. The van der Waals surface area contributed by atoms with Crippen molar-refractivity contribution in [2.45, 2.75) is 0 Å². The van der Waals surface area contributed by atoms with Crippen LogP contribution in [0.3, 0.4) is 0 Å². The topological polar surface area (TPSA) is 27.6 Å². The Morgan fingerprint density at radius 2 is 2.25 bits per heavy atom. The van der Waals surface area contributed by atoms with Crippen LogP contribution in [-0.2, 0) is 0 Å². The van der Waals surface area contributed by atoms with Crippen molar-refractivity contribution in [1.29, 1.82) is 0 Å². The fourth-order valence-corrected chi connectivity index (χ4v) is 1.32. The Morgan fingerprint density at radius 3 is 2.92 bits per heavy atom. The lowest BCUT2D eigenvalue weighted by molar-refractivity contribution is 0.871. The molecule has 0 fully saturated rings. The van der Waals surface area contributed by atoms with Gasteiger partial charge in [-0.2, -0.15) is 5.10 Å². The predicted octanol–water partition coefficient (Wildman–Crippen LogP) is 1.65. The Balaban J connectivity index is 2.33. The molecule has 1 aromatic carbocycles. The number of para-hydroxylation sites is 1. The fraction of sp³-hybridized carbons (Fsp3) is 0.125. The molecule has 0 bridgehead atoms. The Kier molecular flexibility index (Phi) is 1.87. The van der Waals surface area contributed by atoms with Gasteiger partial charge in [0.15, 0.2) is 0 Å². The third-order valence-corrected chi connectivity index (χ3v) is 1.98. The zero-order valence-corrected chi connectivity index (χ0v) is 7.12. The van der Waals surface area contributed by atoms with Gasteiger partial charge in [0.1, 0.15) is 13.0 Å². The van der Waals surface area contributed by atoms with E-state index in [1.807, 2.05) is 29.3 Å². The molecule has 1 N–H and O–H groups in total. The van der Waals surface area contributed by atoms with E-state index in [1.165, 1.54) is 0 Å². The molecule has 1 aromatic rings. The first kappa shape index (κ1) is 7.43. The minimum Gasteiger partial charge on any atom is -0.356 e. The van der Waals surface area contributed by atoms with Crippen LogP contribution in [-0.4, -0.2) is 13.0 Å². The molecule has 4 heteroatoms. The standard InChI is InChI=1S/C8H8ClN3/c9-7-3-1-2-4-8(7)12-6-10-5-11-12/h1-5H,6H2,(H,10,11). The van der Waals surface area contributed by atoms with Crippen molar-refractivity contribution in [3.8, 4) is 0 Å². The smallest absolute Gasteiger partial charge is 0.111 e. The van der Waals surface area contributed by atoms with Crippen LogP contribution in [0.4, 0.5) is 5.69 Å². The Morgan fingerprint density at radius 1 is 1.42 bits per heavy atom. The second-order valence-corrected chi connectivity index (χ2v) is 2.86. The first-order valence-electron chi connectivity index (χ1n) is 3.66. The number of hydrazone groups is 1. The minimum atomic E-state index is 0.684. The number of anilines is 1. The van der Waals surface area contributed by atoms with Crippen LogP contribution in [0.1, 0.15) is 0 Å². The highest BCUT2D eigenvalue weighted by Crippen LogP contribution is 2.25. The molecule has 0 aromatic heterocycles. The van der Waals surface area contributed by atoms with Crippen molar-refractivity contribution in [2.75, 3.05) is 11.7 Å². The maximum absolute atomic E-state index is 5.96. The van der Waals surface area contributed by atoms with E-state index < -0.39 is 0 Å². The van der Waals surface area contributed by atoms with Gasteiger partial charge in [0, 0.05) is 0 Å². The maximum Gasteiger partial charge on any atom is 0.111 e. The number of nitrogens with zero attached hydrogens (tertiary/aromatic N) is 2. The monoisotopic (exact) mass is 181 g/mol. The molecule has 0 spiro atoms. The van der Waals surface area contributed by atoms with Crippen molar-refractivity contribution >= 4 is 23.6 Å². The van der Waals surface area contributed by atoms with Gasteiger partial charge in [0.05, 0.1) is 10.7 Å². The number of halogens is 1. The van der Waals surface area contributed by atoms with Crippen LogP contribution in [0, 0.1) is 0 Å². The Hall–Kier alpha value is -1.22. The summed E-state index contributed by atoms with van der Waals surface area (Å²) in [5.74, 6) is 0. The average molecular weight is 182 g/mol. The zero-order valence-electron chi connectivity index (χ0n) is 6.37. The van der Waals surface area contributed by atoms with Crippen LogP contribution < -0.4 is 10.3 Å². The lowest BCUT2D eigenvalue weighted by Gasteiger charge is -2.13. The van der Waals surface area contributed by atoms with Crippen LogP contribution in [0.2, 0.25) is 5.02 Å². The summed E-state index contributed by atoms with van der Waals surface area (Å²) in [6.45, 7) is 0.684. The zero-order chi connectivity index (χ0) is 8.39. The summed E-state index contributed by atoms with van der Waals surface area (Å²) in [6, 6.07) is 7.63. The first-order valence-corrected chi connectivity index (χ1v) is 4.03. The molecule has 0 radical (unpaired) electrons. The molecule has 12 heavy (non-hydrogen) atoms. The second-order valence-electron chi connectivity index (χ2n) is 2.46. The highest BCUT2D eigenvalue weighted by molar-refractivity contribution is 6.33. The van der Waals surface area contributed by atoms with Gasteiger partial charge in [-0.15, -0.1) is 0 Å². The van der Waals surface area contributed by atoms with E-state index in [-0.39, 0.29) is 0 Å². The molecule has 1 heterocycles. The SMILES string of the molecule is Clc1ccccc1N1CNC=N1. The molecule has 0 saturated heterocycles. The Labute approximate surface area is 75.6 Å². The number of rotatable bonds is 1. The van der Waals surface area contributed by atoms with Gasteiger partial charge in [0.25, 0.3) is 0 Å². The molecule has 0 amide bonds. The molecule has 0 saturated carbocycles. The summed E-state index contributed by atoms with van der Waals surface area (Å²) in [6.07, 6.45) is 1.66. The molecule has 62 valence electrons. The first-order chi connectivity index (χ1) is 5.88. The summed E-state index contributed by atoms with van der Waals surface area (Å²) in [5, 5.41) is 9.58. The van der Waals surface area contributed by atoms with Crippen LogP contribution in [0.15, 0.2) is 29.4 Å². The van der Waals surface area contributed by atoms with E-state index in [2.05, 4.69) is 10.4 Å². The lowest BCUT2D eigenvalue weighted by atomic mass is 10.3. The summed E-state index contributed by atoms with van der Waals surface area (Å²) in [4.78, 5) is 0. The summed E-state index contributed by atoms with van der Waals surface area (Å²) in [7, 11) is 0. The minimum absolute atomic E-state index is 0.684. The van der Waals surface area contributed by atoms with Gasteiger partial charge in [-0.3, -0.25) is 0 Å². The van der Waals surface area contributed by atoms with E-state index in [9.17, 15) is 0 Å². The Bertz CT molecular complexity index is 311. The summed E-state index contributed by atoms with van der Waals surface area (Å²) in [5.41, 5.74) is 0.931. The van der Waals surface area contributed by atoms with E-state index in [4.69, 9.17) is 11.6 Å². The van der Waals surface area contributed by atoms with Gasteiger partial charge in [0.2, 0.25) is 0 Å². The van der Waals surface area contributed by atoms with E-state index in [0.717, 1.165) is 10.7 Å². The molecular weight excluding hydrogens is 174 g/mol. The van der Waals surface area contributed by atoms with Crippen LogP contribution in [0.5, 0.6) is 0 Å². The molecule has 0 aliphatic carbocycles. The average Bonchev–Trinajstić information content (AvgIpc) is 2.57. The number of hydrogen-bond acceptors (Lipinski definition) is 3. The number of benzene rings is 1. The van der Waals surface area contributed by atoms with Gasteiger partial charge in [-0.05, 0) is 12.1 Å². The largest absolute Gasteiger partial charge is 0.356 e. The van der Waals surface area contributed by atoms with Crippen molar-refractivity contribution in [1.82, 2.24) is 5.32 Å². The molecule has 1 aliphatic heterocycles. The highest BCUT2D eigenvalue weighted by atomic mass is 35.5. The van der Waals surface area contributed by atoms with E-state index in [1.54, 1.807) is 6.34 Å². The van der Waals surface area contributed by atoms with Crippen molar-refractivity contribution < 1.29 is 0 Å². The third-order valence-electron chi connectivity index (χ3n) is 1.66. The van der Waals surface area contributed by atoms with Crippen molar-refractivity contribution in [2.24, 2.45) is 5.10 Å². The maximum atomic E-state index is 5.96. The van der Waals surface area contributed by atoms with Gasteiger partial charge in [-0.25, -0.2) is 5.01 Å². The lowest BCUT2D eigenvalue weighted by Crippen LogP contribution is -2.20. The van der Waals surface area contributed by atoms with Gasteiger partial charge >= 0.3 is 0 Å².